The Morgan fingerprint density at radius 2 is 2.00 bits per heavy atom. The summed E-state index contributed by atoms with van der Waals surface area (Å²) in [5, 5.41) is 4.04. The van der Waals surface area contributed by atoms with Gasteiger partial charge in [-0.25, -0.2) is 0 Å². The topological polar surface area (TPSA) is 34.9 Å². The second-order valence-corrected chi connectivity index (χ2v) is 5.36. The summed E-state index contributed by atoms with van der Waals surface area (Å²) in [7, 11) is 1.76. The molecule has 1 aromatic carbocycles. The van der Waals surface area contributed by atoms with Gasteiger partial charge in [-0.1, -0.05) is 34.1 Å². The molecule has 0 amide bonds. The van der Waals surface area contributed by atoms with Crippen LogP contribution >= 0.6 is 31.9 Å². The monoisotopic (exact) mass is 356 g/mol. The van der Waals surface area contributed by atoms with Crippen molar-refractivity contribution in [3.8, 4) is 0 Å². The molecule has 17 heavy (non-hydrogen) atoms. The number of halogens is 2. The predicted octanol–water partition coefficient (Wildman–Crippen LogP) is 3.37. The average molecular weight is 358 g/mol. The molecular weight excluding hydrogens is 348 g/mol. The number of hydrogen-bond donors (Lipinski definition) is 0. The summed E-state index contributed by atoms with van der Waals surface area (Å²) in [5.41, 5.74) is 1.58. The third-order valence-corrected chi connectivity index (χ3v) is 3.82. The van der Waals surface area contributed by atoms with Crippen molar-refractivity contribution in [1.82, 2.24) is 9.78 Å². The number of aryl methyl sites for hydroxylation is 1. The van der Waals surface area contributed by atoms with Gasteiger partial charge in [-0.15, -0.1) is 0 Å². The number of aromatic nitrogens is 2. The minimum absolute atomic E-state index is 0.0452. The van der Waals surface area contributed by atoms with Crippen molar-refractivity contribution in [1.29, 1.82) is 0 Å². The zero-order valence-electron chi connectivity index (χ0n) is 9.15. The Kier molecular flexibility index (Phi) is 3.79. The molecule has 0 atom stereocenters. The van der Waals surface area contributed by atoms with Crippen LogP contribution in [0, 0.1) is 0 Å². The highest BCUT2D eigenvalue weighted by Crippen LogP contribution is 2.21. The second kappa shape index (κ2) is 5.14. The zero-order chi connectivity index (χ0) is 12.4. The number of Topliss-reactive ketones (excluding diaryl/α,β-unsaturated/α-hetero) is 1. The number of carbonyl (C=O) groups excluding carboxylic acids is 1. The highest BCUT2D eigenvalue weighted by molar-refractivity contribution is 9.10. The molecule has 2 aromatic rings. The van der Waals surface area contributed by atoms with Gasteiger partial charge in [0.2, 0.25) is 0 Å². The third-order valence-electron chi connectivity index (χ3n) is 2.47. The molecule has 0 aliphatic carbocycles. The first kappa shape index (κ1) is 12.5. The van der Waals surface area contributed by atoms with E-state index < -0.39 is 0 Å². The van der Waals surface area contributed by atoms with E-state index in [1.165, 1.54) is 0 Å². The van der Waals surface area contributed by atoms with Gasteiger partial charge in [0.15, 0.2) is 5.78 Å². The SMILES string of the molecule is Cn1ncc(Br)c1C(=O)Cc1ccccc1Br. The number of hydrogen-bond acceptors (Lipinski definition) is 2. The molecule has 3 nitrogen and oxygen atoms in total. The van der Waals surface area contributed by atoms with Crippen LogP contribution in [0.1, 0.15) is 16.1 Å². The lowest BCUT2D eigenvalue weighted by Gasteiger charge is -2.04. The number of nitrogens with zero attached hydrogens (tertiary/aromatic N) is 2. The molecule has 2 rings (SSSR count). The normalized spacial score (nSPS) is 10.5. The summed E-state index contributed by atoms with van der Waals surface area (Å²) in [6.45, 7) is 0. The molecule has 0 aliphatic rings. The molecule has 1 heterocycles. The Bertz CT molecular complexity index is 544. The summed E-state index contributed by atoms with van der Waals surface area (Å²) in [4.78, 5) is 12.2. The van der Waals surface area contributed by atoms with Gasteiger partial charge >= 0.3 is 0 Å². The molecule has 1 aromatic heterocycles. The van der Waals surface area contributed by atoms with E-state index in [1.54, 1.807) is 17.9 Å². The van der Waals surface area contributed by atoms with Crippen LogP contribution in [0.2, 0.25) is 0 Å². The van der Waals surface area contributed by atoms with Crippen molar-refractivity contribution in [2.75, 3.05) is 0 Å². The fourth-order valence-corrected chi connectivity index (χ4v) is 2.62. The average Bonchev–Trinajstić information content (AvgIpc) is 2.62. The van der Waals surface area contributed by atoms with Gasteiger partial charge in [0.25, 0.3) is 0 Å². The fraction of sp³-hybridized carbons (Fsp3) is 0.167. The van der Waals surface area contributed by atoms with Crippen LogP contribution < -0.4 is 0 Å². The Balaban J connectivity index is 2.27. The highest BCUT2D eigenvalue weighted by atomic mass is 79.9. The summed E-state index contributed by atoms with van der Waals surface area (Å²) in [6, 6.07) is 7.72. The van der Waals surface area contributed by atoms with Gasteiger partial charge in [-0.3, -0.25) is 9.48 Å². The summed E-state index contributed by atoms with van der Waals surface area (Å²) in [5.74, 6) is 0.0452. The van der Waals surface area contributed by atoms with Gasteiger partial charge in [0.05, 0.1) is 10.7 Å². The maximum absolute atomic E-state index is 12.2. The lowest BCUT2D eigenvalue weighted by Crippen LogP contribution is -2.10. The number of ketones is 1. The molecule has 0 saturated carbocycles. The van der Waals surface area contributed by atoms with Crippen molar-refractivity contribution in [2.45, 2.75) is 6.42 Å². The lowest BCUT2D eigenvalue weighted by molar-refractivity contribution is 0.0983. The quantitative estimate of drug-likeness (QED) is 0.789. The van der Waals surface area contributed by atoms with Crippen LogP contribution in [0.3, 0.4) is 0 Å². The number of carbonyl (C=O) groups is 1. The minimum Gasteiger partial charge on any atom is -0.292 e. The molecule has 0 radical (unpaired) electrons. The van der Waals surface area contributed by atoms with E-state index in [2.05, 4.69) is 37.0 Å². The lowest BCUT2D eigenvalue weighted by atomic mass is 10.1. The van der Waals surface area contributed by atoms with Crippen molar-refractivity contribution in [2.24, 2.45) is 7.05 Å². The molecule has 0 saturated heterocycles. The molecule has 88 valence electrons. The van der Waals surface area contributed by atoms with E-state index in [1.807, 2.05) is 24.3 Å². The van der Waals surface area contributed by atoms with E-state index in [9.17, 15) is 4.79 Å². The van der Waals surface area contributed by atoms with Crippen LogP contribution in [0.25, 0.3) is 0 Å². The van der Waals surface area contributed by atoms with Crippen LogP contribution in [-0.2, 0) is 13.5 Å². The maximum Gasteiger partial charge on any atom is 0.186 e. The largest absolute Gasteiger partial charge is 0.292 e. The first-order valence-corrected chi connectivity index (χ1v) is 6.62. The van der Waals surface area contributed by atoms with Crippen LogP contribution in [0.15, 0.2) is 39.4 Å². The molecule has 5 heteroatoms. The van der Waals surface area contributed by atoms with Gasteiger partial charge in [0.1, 0.15) is 5.69 Å². The summed E-state index contributed by atoms with van der Waals surface area (Å²) < 4.78 is 3.27. The standard InChI is InChI=1S/C12H10Br2N2O/c1-16-12(10(14)7-15-16)11(17)6-8-4-2-3-5-9(8)13/h2-5,7H,6H2,1H3. The van der Waals surface area contributed by atoms with Crippen molar-refractivity contribution < 1.29 is 4.79 Å². The minimum atomic E-state index is 0.0452. The predicted molar refractivity (Wildman–Crippen MR) is 73.1 cm³/mol. The first-order valence-electron chi connectivity index (χ1n) is 5.03. The summed E-state index contributed by atoms with van der Waals surface area (Å²) >= 11 is 6.77. The Hall–Kier alpha value is -0.940. The molecular formula is C12H10Br2N2O. The van der Waals surface area contributed by atoms with E-state index in [4.69, 9.17) is 0 Å². The smallest absolute Gasteiger partial charge is 0.186 e. The van der Waals surface area contributed by atoms with Crippen molar-refractivity contribution in [3.05, 3.63) is 50.7 Å². The Labute approximate surface area is 116 Å². The van der Waals surface area contributed by atoms with Gasteiger partial charge < -0.3 is 0 Å². The van der Waals surface area contributed by atoms with Gasteiger partial charge in [0, 0.05) is 17.9 Å². The molecule has 0 aliphatic heterocycles. The molecule has 0 fully saturated rings. The molecule has 0 bridgehead atoms. The number of rotatable bonds is 3. The highest BCUT2D eigenvalue weighted by Gasteiger charge is 2.16. The summed E-state index contributed by atoms with van der Waals surface area (Å²) in [6.07, 6.45) is 1.99. The molecule has 0 N–H and O–H groups in total. The second-order valence-electron chi connectivity index (χ2n) is 3.66. The Morgan fingerprint density at radius 3 is 2.59 bits per heavy atom. The fourth-order valence-electron chi connectivity index (χ4n) is 1.62. The maximum atomic E-state index is 12.2. The molecule has 0 unspecified atom stereocenters. The first-order chi connectivity index (χ1) is 8.09. The van der Waals surface area contributed by atoms with Crippen molar-refractivity contribution in [3.63, 3.8) is 0 Å². The number of benzene rings is 1. The Morgan fingerprint density at radius 1 is 1.29 bits per heavy atom. The zero-order valence-corrected chi connectivity index (χ0v) is 12.3. The third kappa shape index (κ3) is 2.66. The van der Waals surface area contributed by atoms with Crippen LogP contribution in [0.4, 0.5) is 0 Å². The van der Waals surface area contributed by atoms with E-state index in [0.717, 1.165) is 14.5 Å². The van der Waals surface area contributed by atoms with E-state index >= 15 is 0 Å². The molecule has 0 spiro atoms. The van der Waals surface area contributed by atoms with E-state index in [-0.39, 0.29) is 5.78 Å². The van der Waals surface area contributed by atoms with E-state index in [0.29, 0.717) is 12.1 Å². The van der Waals surface area contributed by atoms with Crippen molar-refractivity contribution >= 4 is 37.6 Å². The van der Waals surface area contributed by atoms with Gasteiger partial charge in [-0.05, 0) is 27.6 Å². The van der Waals surface area contributed by atoms with Crippen LogP contribution in [-0.4, -0.2) is 15.6 Å². The van der Waals surface area contributed by atoms with Crippen LogP contribution in [0.5, 0.6) is 0 Å². The van der Waals surface area contributed by atoms with Gasteiger partial charge in [-0.2, -0.15) is 5.10 Å².